The van der Waals surface area contributed by atoms with Gasteiger partial charge in [0.05, 0.1) is 19.5 Å². The van der Waals surface area contributed by atoms with Crippen LogP contribution in [-0.4, -0.2) is 19.5 Å². The molecule has 0 spiro atoms. The Kier molecular flexibility index (Phi) is 6.62. The standard InChI is InChI=1S/C26H24F2O2S/c1-29-23-13-9-21(10-14-23)20-7-11-22(12-8-20)26(27,28)16-19-15-24(30-17-19)18-31-25-5-3-2-4-6-25/h2-15,19H,16-18H2,1H3. The molecule has 0 fully saturated rings. The van der Waals surface area contributed by atoms with E-state index < -0.39 is 5.92 Å². The fraction of sp³-hybridized carbons (Fsp3) is 0.231. The maximum Gasteiger partial charge on any atom is 0.273 e. The normalized spacial score (nSPS) is 16.0. The molecule has 1 unspecified atom stereocenters. The smallest absolute Gasteiger partial charge is 0.273 e. The summed E-state index contributed by atoms with van der Waals surface area (Å²) in [6, 6.07) is 24.1. The number of rotatable bonds is 8. The summed E-state index contributed by atoms with van der Waals surface area (Å²) in [4.78, 5) is 1.14. The highest BCUT2D eigenvalue weighted by molar-refractivity contribution is 7.99. The van der Waals surface area contributed by atoms with Gasteiger partial charge >= 0.3 is 0 Å². The zero-order valence-corrected chi connectivity index (χ0v) is 18.1. The van der Waals surface area contributed by atoms with E-state index in [1.165, 1.54) is 12.1 Å². The number of hydrogen-bond acceptors (Lipinski definition) is 3. The molecule has 0 aliphatic carbocycles. The van der Waals surface area contributed by atoms with Crippen molar-refractivity contribution in [3.05, 3.63) is 96.3 Å². The summed E-state index contributed by atoms with van der Waals surface area (Å²) in [6.45, 7) is 0.310. The Hall–Kier alpha value is -2.79. The van der Waals surface area contributed by atoms with Gasteiger partial charge in [0.2, 0.25) is 0 Å². The molecule has 0 aromatic heterocycles. The summed E-state index contributed by atoms with van der Waals surface area (Å²) in [5.41, 5.74) is 1.89. The summed E-state index contributed by atoms with van der Waals surface area (Å²) in [5.74, 6) is -0.999. The lowest BCUT2D eigenvalue weighted by molar-refractivity contribution is -0.0273. The van der Waals surface area contributed by atoms with Gasteiger partial charge in [-0.15, -0.1) is 11.8 Å². The van der Waals surface area contributed by atoms with Crippen LogP contribution >= 0.6 is 11.8 Å². The third kappa shape index (κ3) is 5.47. The van der Waals surface area contributed by atoms with Crippen LogP contribution in [0.25, 0.3) is 11.1 Å². The number of halogens is 2. The van der Waals surface area contributed by atoms with Crippen LogP contribution in [0.3, 0.4) is 0 Å². The molecule has 0 amide bonds. The molecule has 0 saturated heterocycles. The number of ether oxygens (including phenoxy) is 2. The molecule has 0 radical (unpaired) electrons. The lowest BCUT2D eigenvalue weighted by Crippen LogP contribution is -2.18. The molecule has 2 nitrogen and oxygen atoms in total. The second kappa shape index (κ2) is 9.56. The predicted molar refractivity (Wildman–Crippen MR) is 122 cm³/mol. The maximum absolute atomic E-state index is 14.9. The highest BCUT2D eigenvalue weighted by atomic mass is 32.2. The molecule has 0 bridgehead atoms. The molecule has 1 heterocycles. The number of hydrogen-bond donors (Lipinski definition) is 0. The van der Waals surface area contributed by atoms with Crippen LogP contribution in [0.5, 0.6) is 5.75 Å². The van der Waals surface area contributed by atoms with Gasteiger partial charge in [0.1, 0.15) is 11.5 Å². The van der Waals surface area contributed by atoms with Gasteiger partial charge in [-0.25, -0.2) is 8.78 Å². The van der Waals surface area contributed by atoms with Crippen LogP contribution in [0, 0.1) is 5.92 Å². The van der Waals surface area contributed by atoms with E-state index in [9.17, 15) is 8.78 Å². The number of thioether (sulfide) groups is 1. The molecule has 1 atom stereocenters. The van der Waals surface area contributed by atoms with Crippen molar-refractivity contribution in [1.29, 1.82) is 0 Å². The topological polar surface area (TPSA) is 18.5 Å². The van der Waals surface area contributed by atoms with Crippen molar-refractivity contribution in [3.63, 3.8) is 0 Å². The van der Waals surface area contributed by atoms with Gasteiger partial charge in [0.15, 0.2) is 0 Å². The van der Waals surface area contributed by atoms with Crippen LogP contribution in [0.2, 0.25) is 0 Å². The Bertz CT molecular complexity index is 1020. The number of alkyl halides is 2. The Morgan fingerprint density at radius 1 is 0.935 bits per heavy atom. The first-order valence-corrected chi connectivity index (χ1v) is 11.2. The predicted octanol–water partition coefficient (Wildman–Crippen LogP) is 7.17. The van der Waals surface area contributed by atoms with Gasteiger partial charge in [0, 0.05) is 22.8 Å². The highest BCUT2D eigenvalue weighted by Gasteiger charge is 2.36. The Morgan fingerprint density at radius 2 is 1.58 bits per heavy atom. The molecular formula is C26H24F2O2S. The first-order valence-electron chi connectivity index (χ1n) is 10.2. The molecule has 31 heavy (non-hydrogen) atoms. The fourth-order valence-corrected chi connectivity index (χ4v) is 4.43. The van der Waals surface area contributed by atoms with Crippen LogP contribution in [-0.2, 0) is 10.7 Å². The number of benzene rings is 3. The average Bonchev–Trinajstić information content (AvgIpc) is 3.25. The van der Waals surface area contributed by atoms with E-state index >= 15 is 0 Å². The van der Waals surface area contributed by atoms with Crippen LogP contribution in [0.15, 0.2) is 95.6 Å². The molecule has 0 saturated carbocycles. The number of methoxy groups -OCH3 is 1. The van der Waals surface area contributed by atoms with E-state index in [0.717, 1.165) is 27.5 Å². The minimum Gasteiger partial charge on any atom is -0.497 e. The fourth-order valence-electron chi connectivity index (χ4n) is 3.59. The average molecular weight is 439 g/mol. The van der Waals surface area contributed by atoms with Crippen molar-refractivity contribution < 1.29 is 18.3 Å². The largest absolute Gasteiger partial charge is 0.497 e. The summed E-state index contributed by atoms with van der Waals surface area (Å²) in [5, 5.41) is 0. The lowest BCUT2D eigenvalue weighted by Gasteiger charge is -2.19. The van der Waals surface area contributed by atoms with Crippen LogP contribution in [0.4, 0.5) is 8.78 Å². The molecule has 1 aliphatic rings. The molecule has 0 N–H and O–H groups in total. The first kappa shape index (κ1) is 21.4. The van der Waals surface area contributed by atoms with Gasteiger partial charge < -0.3 is 9.47 Å². The summed E-state index contributed by atoms with van der Waals surface area (Å²) >= 11 is 1.65. The summed E-state index contributed by atoms with van der Waals surface area (Å²) in [7, 11) is 1.61. The van der Waals surface area contributed by atoms with Crippen LogP contribution < -0.4 is 4.74 Å². The molecule has 1 aliphatic heterocycles. The zero-order chi connectivity index (χ0) is 21.7. The second-order valence-corrected chi connectivity index (χ2v) is 8.57. The van der Waals surface area contributed by atoms with Crippen molar-refractivity contribution in [2.24, 2.45) is 5.92 Å². The van der Waals surface area contributed by atoms with E-state index in [-0.39, 0.29) is 17.9 Å². The van der Waals surface area contributed by atoms with E-state index in [2.05, 4.69) is 0 Å². The van der Waals surface area contributed by atoms with Crippen molar-refractivity contribution >= 4 is 11.8 Å². The summed E-state index contributed by atoms with van der Waals surface area (Å²) < 4.78 is 40.6. The van der Waals surface area contributed by atoms with Gasteiger partial charge in [-0.05, 0) is 41.5 Å². The van der Waals surface area contributed by atoms with Crippen LogP contribution in [0.1, 0.15) is 12.0 Å². The Morgan fingerprint density at radius 3 is 2.23 bits per heavy atom. The van der Waals surface area contributed by atoms with Crippen molar-refractivity contribution in [2.45, 2.75) is 17.2 Å². The van der Waals surface area contributed by atoms with Gasteiger partial charge in [-0.3, -0.25) is 0 Å². The van der Waals surface area contributed by atoms with E-state index in [1.807, 2.05) is 60.7 Å². The first-order chi connectivity index (χ1) is 15.0. The molecule has 160 valence electrons. The monoisotopic (exact) mass is 438 g/mol. The molecular weight excluding hydrogens is 414 g/mol. The van der Waals surface area contributed by atoms with E-state index in [0.29, 0.717) is 12.4 Å². The third-order valence-electron chi connectivity index (χ3n) is 5.28. The lowest BCUT2D eigenvalue weighted by atomic mass is 9.95. The Labute approximate surface area is 185 Å². The second-order valence-electron chi connectivity index (χ2n) is 7.52. The minimum absolute atomic E-state index is 0.0327. The van der Waals surface area contributed by atoms with E-state index in [1.54, 1.807) is 31.0 Å². The molecule has 3 aromatic carbocycles. The summed E-state index contributed by atoms with van der Waals surface area (Å²) in [6.07, 6.45) is 1.60. The maximum atomic E-state index is 14.9. The highest BCUT2D eigenvalue weighted by Crippen LogP contribution is 2.38. The molecule has 3 aromatic rings. The third-order valence-corrected chi connectivity index (χ3v) is 6.31. The Balaban J connectivity index is 1.37. The zero-order valence-electron chi connectivity index (χ0n) is 17.3. The van der Waals surface area contributed by atoms with E-state index in [4.69, 9.17) is 9.47 Å². The molecule has 5 heteroatoms. The van der Waals surface area contributed by atoms with Crippen molar-refractivity contribution in [2.75, 3.05) is 19.5 Å². The SMILES string of the molecule is COc1ccc(-c2ccc(C(F)(F)CC3C=C(CSc4ccccc4)OC3)cc2)cc1. The van der Waals surface area contributed by atoms with Crippen molar-refractivity contribution in [3.8, 4) is 16.9 Å². The van der Waals surface area contributed by atoms with Gasteiger partial charge in [0.25, 0.3) is 5.92 Å². The van der Waals surface area contributed by atoms with Crippen molar-refractivity contribution in [1.82, 2.24) is 0 Å². The quantitative estimate of drug-likeness (QED) is 0.348. The molecule has 4 rings (SSSR count). The minimum atomic E-state index is -2.91. The van der Waals surface area contributed by atoms with Gasteiger partial charge in [-0.2, -0.15) is 0 Å². The van der Waals surface area contributed by atoms with Gasteiger partial charge in [-0.1, -0.05) is 54.6 Å².